The maximum Gasteiger partial charge on any atom is 0.231 e. The predicted molar refractivity (Wildman–Crippen MR) is 231 cm³/mol. The van der Waals surface area contributed by atoms with Crippen LogP contribution >= 0.6 is 0 Å². The first-order valence-electron chi connectivity index (χ1n) is 17.7. The van der Waals surface area contributed by atoms with Crippen LogP contribution in [-0.2, 0) is 122 Å². The van der Waals surface area contributed by atoms with Gasteiger partial charge in [0, 0.05) is 0 Å². The van der Waals surface area contributed by atoms with E-state index in [4.69, 9.17) is 33.2 Å². The number of nitrogens with one attached hydrogen (secondary N) is 2. The Balaban J connectivity index is -0.00000222. The summed E-state index contributed by atoms with van der Waals surface area (Å²) in [7, 11) is -35.8. The minimum absolute atomic E-state index is 0. The molecule has 0 aromatic heterocycles. The molecule has 0 aromatic carbocycles. The first kappa shape index (κ1) is 83.8. The number of quaternary nitrogens is 8. The van der Waals surface area contributed by atoms with E-state index in [1.165, 1.54) is 0 Å². The largest absolute Gasteiger partial charge is 0.735 e. The van der Waals surface area contributed by atoms with Crippen LogP contribution in [0.1, 0.15) is 0 Å². The lowest BCUT2D eigenvalue weighted by molar-refractivity contribution is -0.380. The molecular formula is C24H62N10O38S6. The summed E-state index contributed by atoms with van der Waals surface area (Å²) in [6.07, 6.45) is -46.2. The maximum atomic E-state index is 12.5. The molecule has 472 valence electrons. The molecule has 0 bridgehead atoms. The van der Waals surface area contributed by atoms with Crippen LogP contribution in [0.3, 0.4) is 0 Å². The van der Waals surface area contributed by atoms with E-state index in [1.807, 2.05) is 0 Å². The van der Waals surface area contributed by atoms with E-state index in [-0.39, 0.29) is 55.3 Å². The molecule has 4 aliphatic heterocycles. The molecule has 39 N–H and O–H groups in total. The van der Waals surface area contributed by atoms with Gasteiger partial charge in [-0.2, -0.15) is 0 Å². The van der Waals surface area contributed by atoms with Crippen molar-refractivity contribution in [2.75, 3.05) is 13.2 Å². The lowest BCUT2D eigenvalue weighted by Crippen LogP contribution is -2.71. The normalized spacial score (nSPS) is 33.4. The van der Waals surface area contributed by atoms with Crippen molar-refractivity contribution in [1.29, 1.82) is 0 Å². The average molecular weight is 1290 g/mol. The molecular weight excluding hydrogens is 1230 g/mol. The van der Waals surface area contributed by atoms with Gasteiger partial charge in [0.15, 0.2) is 51.7 Å². The van der Waals surface area contributed by atoms with Crippen LogP contribution in [0.5, 0.6) is 0 Å². The van der Waals surface area contributed by atoms with Crippen LogP contribution in [0.2, 0.25) is 0 Å². The third kappa shape index (κ3) is 24.2. The lowest BCUT2D eigenvalue weighted by Gasteiger charge is -2.50. The summed E-state index contributed by atoms with van der Waals surface area (Å²) in [4.78, 5) is 24.1. The molecule has 0 saturated carbocycles. The fourth-order valence-corrected chi connectivity index (χ4v) is 9.27. The summed E-state index contributed by atoms with van der Waals surface area (Å²) in [5.41, 5.74) is 0. The van der Waals surface area contributed by atoms with Crippen LogP contribution in [0.4, 0.5) is 0 Å². The molecule has 0 radical (unpaired) electrons. The van der Waals surface area contributed by atoms with Crippen LogP contribution in [0, 0.1) is 0 Å². The number of aliphatic carboxylic acids is 2. The number of carbonyl (C=O) groups is 2. The highest BCUT2D eigenvalue weighted by Gasteiger charge is 2.57. The molecule has 3 saturated heterocycles. The Hall–Kier alpha value is -3.06. The SMILES string of the molecule is O=C([O-])C1=CC(O)C(OS(=O)(=O)[O-])C(OC2C(COS(=O)(=O)[O-])OC(OC3C(C(=O)[O-])OC(OC4C(COS(=O)(=O)[O-])OC(O)C(NS(=O)(=O)[O-])C4O)C(OS(=O)(=O)[O-])C3O)C(NS(=O)(=O)[O-])C2O)O1.[NH4+].[NH4+].[NH4+].[NH4+].[NH4+].[NH4+].[NH4+].[NH4+]. The summed E-state index contributed by atoms with van der Waals surface area (Å²) < 4.78 is 262. The third-order valence-electron chi connectivity index (χ3n) is 9.14. The fourth-order valence-electron chi connectivity index (χ4n) is 6.54. The van der Waals surface area contributed by atoms with Crippen molar-refractivity contribution in [3.63, 3.8) is 0 Å². The zero-order valence-corrected chi connectivity index (χ0v) is 45.9. The van der Waals surface area contributed by atoms with Gasteiger partial charge in [0.25, 0.3) is 0 Å². The summed E-state index contributed by atoms with van der Waals surface area (Å²) in [5, 5.41) is 78.4. The third-order valence-corrected chi connectivity index (χ3v) is 12.0. The molecule has 0 spiro atoms. The lowest BCUT2D eigenvalue weighted by atomic mass is 9.95. The molecule has 4 rings (SSSR count). The standard InChI is InChI=1S/C24H38N2O38S6.8H3N/c27-4-1-5(19(31)32)57-23(13(4)63-69(48,49)50)59-15-7(3-55-68(45,46)47)58-22(9(11(15)29)26-66(39,40)41)61-16-12(30)17(64-70(51,52)53)24(62-18(16)20(33)34)60-14-6(2-54-67(42,43)44)56-21(35)8(10(14)28)25-65(36,37)38;;;;;;;;/h1,4,6-18,21-30,35H,2-3H2,(H,31,32)(H,33,34)(H,36,37,38)(H,39,40,41)(H,42,43,44)(H,45,46,47)(H,48,49,50)(H,51,52,53);8*1H3. The quantitative estimate of drug-likeness (QED) is 0.0353. The number of ether oxygens (including phenoxy) is 7. The van der Waals surface area contributed by atoms with Crippen molar-refractivity contribution in [3.8, 4) is 0 Å². The van der Waals surface area contributed by atoms with E-state index in [0.29, 0.717) is 0 Å². The van der Waals surface area contributed by atoms with Crippen molar-refractivity contribution >= 4 is 74.1 Å². The number of hydrogen-bond acceptors (Lipinski definition) is 38. The number of carboxylic acid groups (broad SMARTS) is 2. The maximum absolute atomic E-state index is 12.5. The Morgan fingerprint density at radius 1 is 0.500 bits per heavy atom. The summed E-state index contributed by atoms with van der Waals surface area (Å²) >= 11 is 0. The van der Waals surface area contributed by atoms with Crippen LogP contribution in [0.15, 0.2) is 11.8 Å². The van der Waals surface area contributed by atoms with Crippen molar-refractivity contribution in [2.45, 2.75) is 110 Å². The van der Waals surface area contributed by atoms with Gasteiger partial charge < -0.3 is 155 Å². The molecule has 18 atom stereocenters. The highest BCUT2D eigenvalue weighted by molar-refractivity contribution is 7.84. The Morgan fingerprint density at radius 3 is 1.31 bits per heavy atom. The second kappa shape index (κ2) is 31.4. The van der Waals surface area contributed by atoms with Crippen LogP contribution in [-0.4, -0.2) is 239 Å². The van der Waals surface area contributed by atoms with Crippen LogP contribution in [0.25, 0.3) is 0 Å². The Kier molecular flexibility index (Phi) is 33.7. The van der Waals surface area contributed by atoms with Crippen LogP contribution < -0.4 is 68.9 Å². The summed E-state index contributed by atoms with van der Waals surface area (Å²) in [6.45, 7) is -3.52. The number of carbonyl (C=O) groups excluding carboxylic acids is 2. The molecule has 0 aliphatic carbocycles. The van der Waals surface area contributed by atoms with Gasteiger partial charge >= 0.3 is 0 Å². The second-order valence-electron chi connectivity index (χ2n) is 13.9. The first-order valence-corrected chi connectivity index (χ1v) is 25.9. The monoisotopic (exact) mass is 1290 g/mol. The van der Waals surface area contributed by atoms with E-state index in [9.17, 15) is 123 Å². The van der Waals surface area contributed by atoms with Crippen molar-refractivity contribution in [1.82, 2.24) is 58.6 Å². The van der Waals surface area contributed by atoms with Gasteiger partial charge in [-0.05, 0) is 6.08 Å². The van der Waals surface area contributed by atoms with Crippen molar-refractivity contribution in [2.24, 2.45) is 0 Å². The highest BCUT2D eigenvalue weighted by Crippen LogP contribution is 2.36. The Morgan fingerprint density at radius 2 is 0.897 bits per heavy atom. The number of carboxylic acids is 2. The number of aliphatic hydroxyl groups is 5. The highest BCUT2D eigenvalue weighted by atomic mass is 32.3. The smallest absolute Gasteiger partial charge is 0.231 e. The van der Waals surface area contributed by atoms with Gasteiger partial charge in [-0.3, -0.25) is 16.7 Å². The minimum atomic E-state index is -6.32. The molecule has 54 heteroatoms. The molecule has 4 aliphatic rings. The van der Waals surface area contributed by atoms with E-state index in [1.54, 1.807) is 0 Å². The van der Waals surface area contributed by atoms with Gasteiger partial charge in [-0.15, -0.1) is 0 Å². The van der Waals surface area contributed by atoms with Gasteiger partial charge in [0.05, 0.1) is 19.2 Å². The number of hydrogen-bond donors (Lipinski definition) is 15. The van der Waals surface area contributed by atoms with E-state index in [2.05, 4.69) is 16.7 Å². The van der Waals surface area contributed by atoms with E-state index >= 15 is 0 Å². The Labute approximate surface area is 440 Å². The molecule has 78 heavy (non-hydrogen) atoms. The molecule has 3 fully saturated rings. The van der Waals surface area contributed by atoms with Gasteiger partial charge in [-0.25, -0.2) is 60.0 Å². The Bertz CT molecular complexity index is 2640. The minimum Gasteiger partial charge on any atom is -0.735 e. The summed E-state index contributed by atoms with van der Waals surface area (Å²) in [6, 6.07) is -5.57. The molecule has 18 unspecified atom stereocenters. The van der Waals surface area contributed by atoms with Gasteiger partial charge in [-0.1, -0.05) is 0 Å². The molecule has 0 aromatic rings. The molecule has 4 heterocycles. The zero-order valence-electron chi connectivity index (χ0n) is 41.0. The first-order chi connectivity index (χ1) is 31.6. The summed E-state index contributed by atoms with van der Waals surface area (Å²) in [5.74, 6) is -6.49. The van der Waals surface area contributed by atoms with E-state index in [0.717, 1.165) is 9.44 Å². The topological polar surface area (TPSA) is 942 Å². The van der Waals surface area contributed by atoms with Crippen molar-refractivity contribution in [3.05, 3.63) is 11.8 Å². The van der Waals surface area contributed by atoms with Gasteiger partial charge in [0.2, 0.25) is 47.9 Å². The zero-order chi connectivity index (χ0) is 53.4. The molecule has 48 nitrogen and oxygen atoms in total. The second-order valence-corrected chi connectivity index (χ2v) is 20.4. The fraction of sp³-hybridized carbons (Fsp3) is 0.833. The van der Waals surface area contributed by atoms with E-state index < -0.39 is 204 Å². The average Bonchev–Trinajstić information content (AvgIpc) is 3.16. The molecule has 0 amide bonds. The number of rotatable bonds is 22. The van der Waals surface area contributed by atoms with Gasteiger partial charge in [0.1, 0.15) is 84.9 Å². The number of aliphatic hydroxyl groups excluding tert-OH is 5. The van der Waals surface area contributed by atoms with Crippen molar-refractivity contribution < 1.29 is 173 Å². The predicted octanol–water partition coefficient (Wildman–Crippen LogP) is -12.0.